The molecule has 0 aliphatic carbocycles. The van der Waals surface area contributed by atoms with Crippen molar-refractivity contribution in [1.29, 1.82) is 0 Å². The number of anilines is 4. The van der Waals surface area contributed by atoms with Gasteiger partial charge in [0, 0.05) is 24.4 Å². The molecule has 0 spiro atoms. The second kappa shape index (κ2) is 6.99. The van der Waals surface area contributed by atoms with E-state index in [0.717, 1.165) is 18.7 Å². The van der Waals surface area contributed by atoms with E-state index in [9.17, 15) is 0 Å². The van der Waals surface area contributed by atoms with E-state index in [1.165, 1.54) is 0 Å². The lowest BCUT2D eigenvalue weighted by molar-refractivity contribution is 0.415. The van der Waals surface area contributed by atoms with Crippen molar-refractivity contribution in [2.24, 2.45) is 0 Å². The number of hydrogen-bond donors (Lipinski definition) is 3. The summed E-state index contributed by atoms with van der Waals surface area (Å²) in [6, 6.07) is 7.18. The van der Waals surface area contributed by atoms with Crippen LogP contribution in [0, 0.1) is 0 Å². The normalized spacial score (nSPS) is 10.2. The van der Waals surface area contributed by atoms with Gasteiger partial charge in [0.1, 0.15) is 17.4 Å². The molecule has 4 N–H and O–H groups in total. The minimum Gasteiger partial charge on any atom is -0.495 e. The Morgan fingerprint density at radius 3 is 2.71 bits per heavy atom. The molecule has 0 radical (unpaired) electrons. The number of methoxy groups -OCH3 is 1. The first kappa shape index (κ1) is 15.2. The van der Waals surface area contributed by atoms with Crippen LogP contribution in [0.5, 0.6) is 5.75 Å². The average Bonchev–Trinajstić information content (AvgIpc) is 2.46. The van der Waals surface area contributed by atoms with Crippen molar-refractivity contribution in [3.05, 3.63) is 29.3 Å². The van der Waals surface area contributed by atoms with Crippen molar-refractivity contribution in [3.8, 4) is 5.75 Å². The fraction of sp³-hybridized carbons (Fsp3) is 0.286. The number of ether oxygens (including phenoxy) is 1. The highest BCUT2D eigenvalue weighted by molar-refractivity contribution is 6.32. The van der Waals surface area contributed by atoms with E-state index in [0.29, 0.717) is 22.4 Å². The zero-order valence-corrected chi connectivity index (χ0v) is 12.7. The zero-order chi connectivity index (χ0) is 15.2. The van der Waals surface area contributed by atoms with Gasteiger partial charge in [-0.25, -0.2) is 0 Å². The number of benzene rings is 1. The van der Waals surface area contributed by atoms with E-state index in [1.54, 1.807) is 25.3 Å². The maximum Gasteiger partial charge on any atom is 0.223 e. The zero-order valence-electron chi connectivity index (χ0n) is 12.0. The first-order valence-electron chi connectivity index (χ1n) is 6.61. The van der Waals surface area contributed by atoms with Gasteiger partial charge in [-0.2, -0.15) is 9.97 Å². The van der Waals surface area contributed by atoms with Crippen molar-refractivity contribution in [2.75, 3.05) is 30.0 Å². The van der Waals surface area contributed by atoms with Crippen LogP contribution in [0.25, 0.3) is 0 Å². The van der Waals surface area contributed by atoms with E-state index in [-0.39, 0.29) is 5.95 Å². The Morgan fingerprint density at radius 2 is 2.00 bits per heavy atom. The third-order valence-corrected chi connectivity index (χ3v) is 3.04. The molecule has 1 heterocycles. The third kappa shape index (κ3) is 4.13. The van der Waals surface area contributed by atoms with Crippen LogP contribution in [0.2, 0.25) is 5.02 Å². The molecule has 1 aromatic carbocycles. The van der Waals surface area contributed by atoms with Crippen LogP contribution in [-0.2, 0) is 0 Å². The molecule has 0 aliphatic rings. The Kier molecular flexibility index (Phi) is 5.05. The molecule has 0 saturated heterocycles. The molecule has 0 unspecified atom stereocenters. The van der Waals surface area contributed by atoms with Gasteiger partial charge < -0.3 is 21.1 Å². The van der Waals surface area contributed by atoms with Gasteiger partial charge in [-0.05, 0) is 18.6 Å². The standard InChI is InChI=1S/C14H18ClN5O/c1-3-6-17-12-8-13(20-14(16)19-12)18-9-4-5-10(15)11(7-9)21-2/h4-5,7-8H,3,6H2,1-2H3,(H4,16,17,18,19,20). The van der Waals surface area contributed by atoms with E-state index in [1.807, 2.05) is 6.07 Å². The largest absolute Gasteiger partial charge is 0.495 e. The monoisotopic (exact) mass is 307 g/mol. The molecule has 21 heavy (non-hydrogen) atoms. The van der Waals surface area contributed by atoms with E-state index < -0.39 is 0 Å². The fourth-order valence-electron chi connectivity index (χ4n) is 1.76. The smallest absolute Gasteiger partial charge is 0.223 e. The summed E-state index contributed by atoms with van der Waals surface area (Å²) in [7, 11) is 1.57. The number of nitrogen functional groups attached to an aromatic ring is 1. The summed E-state index contributed by atoms with van der Waals surface area (Å²) < 4.78 is 5.18. The van der Waals surface area contributed by atoms with Crippen LogP contribution in [0.3, 0.4) is 0 Å². The first-order chi connectivity index (χ1) is 10.1. The Labute approximate surface area is 128 Å². The molecule has 0 amide bonds. The number of rotatable bonds is 6. The van der Waals surface area contributed by atoms with Crippen molar-refractivity contribution >= 4 is 34.9 Å². The summed E-state index contributed by atoms with van der Waals surface area (Å²) in [6.45, 7) is 2.90. The summed E-state index contributed by atoms with van der Waals surface area (Å²) >= 11 is 6.00. The van der Waals surface area contributed by atoms with Crippen LogP contribution in [0.4, 0.5) is 23.3 Å². The maximum absolute atomic E-state index is 6.00. The van der Waals surface area contributed by atoms with Gasteiger partial charge in [0.05, 0.1) is 12.1 Å². The van der Waals surface area contributed by atoms with E-state index in [2.05, 4.69) is 27.5 Å². The molecule has 7 heteroatoms. The highest BCUT2D eigenvalue weighted by Crippen LogP contribution is 2.29. The molecular weight excluding hydrogens is 290 g/mol. The summed E-state index contributed by atoms with van der Waals surface area (Å²) in [5.41, 5.74) is 6.52. The van der Waals surface area contributed by atoms with Crippen molar-refractivity contribution in [3.63, 3.8) is 0 Å². The van der Waals surface area contributed by atoms with Gasteiger partial charge in [-0.1, -0.05) is 18.5 Å². The van der Waals surface area contributed by atoms with Crippen molar-refractivity contribution in [2.45, 2.75) is 13.3 Å². The second-order valence-corrected chi connectivity index (χ2v) is 4.80. The van der Waals surface area contributed by atoms with Gasteiger partial charge in [-0.3, -0.25) is 0 Å². The van der Waals surface area contributed by atoms with Gasteiger partial charge in [0.15, 0.2) is 0 Å². The summed E-state index contributed by atoms with van der Waals surface area (Å²) in [5.74, 6) is 2.09. The van der Waals surface area contributed by atoms with E-state index >= 15 is 0 Å². The first-order valence-corrected chi connectivity index (χ1v) is 6.99. The molecule has 6 nitrogen and oxygen atoms in total. The molecule has 2 rings (SSSR count). The maximum atomic E-state index is 6.00. The Morgan fingerprint density at radius 1 is 1.24 bits per heavy atom. The van der Waals surface area contributed by atoms with Gasteiger partial charge in [0.2, 0.25) is 5.95 Å². The number of aromatic nitrogens is 2. The quantitative estimate of drug-likeness (QED) is 0.759. The molecule has 0 aliphatic heterocycles. The second-order valence-electron chi connectivity index (χ2n) is 4.40. The molecule has 0 atom stereocenters. The average molecular weight is 308 g/mol. The number of nitrogens with one attached hydrogen (secondary N) is 2. The predicted molar refractivity (Wildman–Crippen MR) is 86.5 cm³/mol. The minimum atomic E-state index is 0.208. The molecule has 1 aromatic heterocycles. The van der Waals surface area contributed by atoms with Crippen molar-refractivity contribution in [1.82, 2.24) is 9.97 Å². The highest BCUT2D eigenvalue weighted by atomic mass is 35.5. The van der Waals surface area contributed by atoms with Crippen molar-refractivity contribution < 1.29 is 4.74 Å². The number of nitrogens with two attached hydrogens (primary N) is 1. The lowest BCUT2D eigenvalue weighted by Crippen LogP contribution is -2.06. The van der Waals surface area contributed by atoms with Gasteiger partial charge in [-0.15, -0.1) is 0 Å². The summed E-state index contributed by atoms with van der Waals surface area (Å²) in [4.78, 5) is 8.29. The van der Waals surface area contributed by atoms with Gasteiger partial charge in [0.25, 0.3) is 0 Å². The Hall–Kier alpha value is -2.21. The summed E-state index contributed by atoms with van der Waals surface area (Å²) in [5, 5.41) is 6.88. The molecule has 112 valence electrons. The topological polar surface area (TPSA) is 85.1 Å². The third-order valence-electron chi connectivity index (χ3n) is 2.72. The molecule has 0 fully saturated rings. The Bertz CT molecular complexity index is 620. The molecule has 0 saturated carbocycles. The number of nitrogens with zero attached hydrogens (tertiary/aromatic N) is 2. The number of halogens is 1. The van der Waals surface area contributed by atoms with Gasteiger partial charge >= 0.3 is 0 Å². The molecule has 2 aromatic rings. The SMILES string of the molecule is CCCNc1cc(Nc2ccc(Cl)c(OC)c2)nc(N)n1. The minimum absolute atomic E-state index is 0.208. The van der Waals surface area contributed by atoms with Crippen LogP contribution in [-0.4, -0.2) is 23.6 Å². The van der Waals surface area contributed by atoms with Crippen LogP contribution in [0.1, 0.15) is 13.3 Å². The van der Waals surface area contributed by atoms with Crippen LogP contribution >= 0.6 is 11.6 Å². The van der Waals surface area contributed by atoms with Crippen LogP contribution < -0.4 is 21.1 Å². The fourth-order valence-corrected chi connectivity index (χ4v) is 1.95. The lowest BCUT2D eigenvalue weighted by atomic mass is 10.3. The number of hydrogen-bond acceptors (Lipinski definition) is 6. The molecule has 0 bridgehead atoms. The lowest BCUT2D eigenvalue weighted by Gasteiger charge is -2.11. The molecular formula is C14H18ClN5O. The summed E-state index contributed by atoms with van der Waals surface area (Å²) in [6.07, 6.45) is 1.00. The highest BCUT2D eigenvalue weighted by Gasteiger charge is 2.05. The Balaban J connectivity index is 2.20. The van der Waals surface area contributed by atoms with Crippen LogP contribution in [0.15, 0.2) is 24.3 Å². The van der Waals surface area contributed by atoms with E-state index in [4.69, 9.17) is 22.1 Å². The predicted octanol–water partition coefficient (Wildman–Crippen LogP) is 3.29.